The predicted octanol–water partition coefficient (Wildman–Crippen LogP) is 3.11. The third-order valence-corrected chi connectivity index (χ3v) is 5.19. The summed E-state index contributed by atoms with van der Waals surface area (Å²) in [6, 6.07) is 4.93. The van der Waals surface area contributed by atoms with Gasteiger partial charge < -0.3 is 5.73 Å². The molecule has 0 saturated heterocycles. The Kier molecular flexibility index (Phi) is 7.67. The van der Waals surface area contributed by atoms with Crippen LogP contribution in [0.3, 0.4) is 0 Å². The molecule has 1 unspecified atom stereocenters. The van der Waals surface area contributed by atoms with Crippen LogP contribution in [0.25, 0.3) is 0 Å². The molecule has 21 heavy (non-hydrogen) atoms. The Morgan fingerprint density at radius 3 is 2.43 bits per heavy atom. The SMILES string of the molecule is Cc1ccc(Cl)c(S(=O)(=O)NC(C)(CN)CC(C)C)c1.Cl. The van der Waals surface area contributed by atoms with Crippen molar-refractivity contribution >= 4 is 34.0 Å². The van der Waals surface area contributed by atoms with E-state index in [1.807, 2.05) is 27.7 Å². The fourth-order valence-electron chi connectivity index (χ4n) is 2.26. The van der Waals surface area contributed by atoms with E-state index in [0.717, 1.165) is 5.56 Å². The van der Waals surface area contributed by atoms with Crippen LogP contribution in [0.15, 0.2) is 23.1 Å². The Balaban J connectivity index is 0.00000400. The van der Waals surface area contributed by atoms with Gasteiger partial charge in [-0.05, 0) is 43.9 Å². The zero-order chi connectivity index (χ0) is 15.6. The van der Waals surface area contributed by atoms with Crippen molar-refractivity contribution < 1.29 is 8.42 Å². The Bertz CT molecular complexity index is 576. The third-order valence-electron chi connectivity index (χ3n) is 3.07. The van der Waals surface area contributed by atoms with Crippen LogP contribution in [-0.2, 0) is 10.0 Å². The first-order chi connectivity index (χ1) is 9.09. The lowest BCUT2D eigenvalue weighted by molar-refractivity contribution is 0.344. The van der Waals surface area contributed by atoms with Gasteiger partial charge in [0.25, 0.3) is 0 Å². The molecule has 4 nitrogen and oxygen atoms in total. The van der Waals surface area contributed by atoms with E-state index in [-0.39, 0.29) is 28.9 Å². The van der Waals surface area contributed by atoms with E-state index in [4.69, 9.17) is 17.3 Å². The molecule has 0 aromatic heterocycles. The van der Waals surface area contributed by atoms with Crippen molar-refractivity contribution in [2.45, 2.75) is 44.6 Å². The van der Waals surface area contributed by atoms with Crippen molar-refractivity contribution in [3.63, 3.8) is 0 Å². The first kappa shape index (κ1) is 20.7. The quantitative estimate of drug-likeness (QED) is 0.824. The molecule has 0 aliphatic carbocycles. The summed E-state index contributed by atoms with van der Waals surface area (Å²) in [4.78, 5) is 0.0996. The number of hydrogen-bond acceptors (Lipinski definition) is 3. The van der Waals surface area contributed by atoms with Gasteiger partial charge in [0.05, 0.1) is 5.02 Å². The number of sulfonamides is 1. The lowest BCUT2D eigenvalue weighted by Gasteiger charge is -2.31. The van der Waals surface area contributed by atoms with Gasteiger partial charge in [0.1, 0.15) is 4.90 Å². The standard InChI is InChI=1S/C14H23ClN2O2S.ClH/c1-10(2)8-14(4,9-16)17-20(18,19)13-7-11(3)5-6-12(13)15;/h5-7,10,17H,8-9,16H2,1-4H3;1H. The summed E-state index contributed by atoms with van der Waals surface area (Å²) in [6.07, 6.45) is 0.659. The fraction of sp³-hybridized carbons (Fsp3) is 0.571. The van der Waals surface area contributed by atoms with Gasteiger partial charge in [-0.25, -0.2) is 13.1 Å². The number of nitrogens with two attached hydrogens (primary N) is 1. The summed E-state index contributed by atoms with van der Waals surface area (Å²) in [5.41, 5.74) is 5.91. The highest BCUT2D eigenvalue weighted by Crippen LogP contribution is 2.25. The van der Waals surface area contributed by atoms with Gasteiger partial charge in [0.2, 0.25) is 10.0 Å². The van der Waals surface area contributed by atoms with Crippen LogP contribution in [0.5, 0.6) is 0 Å². The van der Waals surface area contributed by atoms with Crippen LogP contribution in [0, 0.1) is 12.8 Å². The Morgan fingerprint density at radius 1 is 1.38 bits per heavy atom. The van der Waals surface area contributed by atoms with Crippen molar-refractivity contribution in [2.24, 2.45) is 11.7 Å². The molecule has 122 valence electrons. The zero-order valence-corrected chi connectivity index (χ0v) is 15.2. The summed E-state index contributed by atoms with van der Waals surface area (Å²) in [7, 11) is -3.69. The van der Waals surface area contributed by atoms with Crippen LogP contribution in [0.4, 0.5) is 0 Å². The number of hydrogen-bond donors (Lipinski definition) is 2. The van der Waals surface area contributed by atoms with E-state index in [1.165, 1.54) is 0 Å². The van der Waals surface area contributed by atoms with Crippen molar-refractivity contribution in [3.05, 3.63) is 28.8 Å². The maximum Gasteiger partial charge on any atom is 0.242 e. The summed E-state index contributed by atoms with van der Waals surface area (Å²) in [5, 5.41) is 0.215. The van der Waals surface area contributed by atoms with Gasteiger partial charge in [0, 0.05) is 12.1 Å². The molecule has 1 aromatic rings. The van der Waals surface area contributed by atoms with Crippen molar-refractivity contribution in [1.29, 1.82) is 0 Å². The minimum absolute atomic E-state index is 0. The first-order valence-electron chi connectivity index (χ1n) is 6.60. The number of nitrogens with one attached hydrogen (secondary N) is 1. The minimum Gasteiger partial charge on any atom is -0.329 e. The van der Waals surface area contributed by atoms with Crippen LogP contribution in [-0.4, -0.2) is 20.5 Å². The molecular weight excluding hydrogens is 331 g/mol. The van der Waals surface area contributed by atoms with Gasteiger partial charge >= 0.3 is 0 Å². The van der Waals surface area contributed by atoms with Crippen LogP contribution >= 0.6 is 24.0 Å². The van der Waals surface area contributed by atoms with Gasteiger partial charge in [-0.1, -0.05) is 31.5 Å². The van der Waals surface area contributed by atoms with Crippen LogP contribution in [0.2, 0.25) is 5.02 Å². The summed E-state index contributed by atoms with van der Waals surface area (Å²) < 4.78 is 27.7. The average molecular weight is 355 g/mol. The van der Waals surface area contributed by atoms with Crippen LogP contribution < -0.4 is 10.5 Å². The number of halogens is 2. The predicted molar refractivity (Wildman–Crippen MR) is 90.7 cm³/mol. The molecule has 0 radical (unpaired) electrons. The van der Waals surface area contributed by atoms with E-state index in [9.17, 15) is 8.42 Å². The Morgan fingerprint density at radius 2 is 1.95 bits per heavy atom. The second kappa shape index (κ2) is 7.79. The minimum atomic E-state index is -3.69. The van der Waals surface area contributed by atoms with E-state index < -0.39 is 15.6 Å². The second-order valence-electron chi connectivity index (χ2n) is 5.90. The molecule has 0 bridgehead atoms. The molecule has 0 saturated carbocycles. The van der Waals surface area contributed by atoms with Gasteiger partial charge in [-0.3, -0.25) is 0 Å². The first-order valence-corrected chi connectivity index (χ1v) is 8.46. The lowest BCUT2D eigenvalue weighted by atomic mass is 9.92. The summed E-state index contributed by atoms with van der Waals surface area (Å²) in [6.45, 7) is 7.93. The third kappa shape index (κ3) is 5.75. The molecule has 0 aliphatic heterocycles. The molecule has 1 rings (SSSR count). The molecular formula is C14H24Cl2N2O2S. The number of rotatable bonds is 6. The van der Waals surface area contributed by atoms with E-state index in [1.54, 1.807) is 18.2 Å². The summed E-state index contributed by atoms with van der Waals surface area (Å²) >= 11 is 6.01. The molecule has 0 fully saturated rings. The highest BCUT2D eigenvalue weighted by Gasteiger charge is 2.31. The molecule has 0 spiro atoms. The topological polar surface area (TPSA) is 72.2 Å². The summed E-state index contributed by atoms with van der Waals surface area (Å²) in [5.74, 6) is 0.333. The fourth-order valence-corrected chi connectivity index (χ4v) is 4.28. The monoisotopic (exact) mass is 354 g/mol. The maximum absolute atomic E-state index is 12.5. The highest BCUT2D eigenvalue weighted by atomic mass is 35.5. The van der Waals surface area contributed by atoms with E-state index in [0.29, 0.717) is 12.3 Å². The largest absolute Gasteiger partial charge is 0.329 e. The molecule has 0 heterocycles. The van der Waals surface area contributed by atoms with Crippen molar-refractivity contribution in [1.82, 2.24) is 4.72 Å². The number of benzene rings is 1. The van der Waals surface area contributed by atoms with Crippen molar-refractivity contribution in [2.75, 3.05) is 6.54 Å². The molecule has 0 aliphatic rings. The maximum atomic E-state index is 12.5. The zero-order valence-electron chi connectivity index (χ0n) is 12.8. The average Bonchev–Trinajstić information content (AvgIpc) is 2.30. The Hall–Kier alpha value is -0.330. The molecule has 7 heteroatoms. The smallest absolute Gasteiger partial charge is 0.242 e. The highest BCUT2D eigenvalue weighted by molar-refractivity contribution is 7.89. The lowest BCUT2D eigenvalue weighted by Crippen LogP contribution is -2.52. The number of aryl methyl sites for hydroxylation is 1. The van der Waals surface area contributed by atoms with Gasteiger partial charge in [-0.15, -0.1) is 12.4 Å². The molecule has 1 aromatic carbocycles. The molecule has 3 N–H and O–H groups in total. The molecule has 1 atom stereocenters. The van der Waals surface area contributed by atoms with E-state index >= 15 is 0 Å². The van der Waals surface area contributed by atoms with Crippen LogP contribution in [0.1, 0.15) is 32.8 Å². The van der Waals surface area contributed by atoms with Gasteiger partial charge in [0.15, 0.2) is 0 Å². The van der Waals surface area contributed by atoms with Gasteiger partial charge in [-0.2, -0.15) is 0 Å². The Labute approximate surface area is 138 Å². The normalized spacial score (nSPS) is 14.6. The molecule has 0 amide bonds. The second-order valence-corrected chi connectivity index (χ2v) is 7.96. The van der Waals surface area contributed by atoms with Crippen molar-refractivity contribution in [3.8, 4) is 0 Å². The van der Waals surface area contributed by atoms with E-state index in [2.05, 4.69) is 4.72 Å².